The van der Waals surface area contributed by atoms with E-state index in [0.29, 0.717) is 0 Å². The molecule has 0 amide bonds. The van der Waals surface area contributed by atoms with Crippen molar-refractivity contribution >= 4 is 21.9 Å². The Balaban J connectivity index is 2.36. The summed E-state index contributed by atoms with van der Waals surface area (Å²) in [7, 11) is 0. The van der Waals surface area contributed by atoms with Gasteiger partial charge in [-0.3, -0.25) is 0 Å². The number of carbonyl (C=O) groups is 1. The molecule has 0 aliphatic carbocycles. The normalized spacial score (nSPS) is 10.4. The van der Waals surface area contributed by atoms with E-state index in [2.05, 4.69) is 25.9 Å². The van der Waals surface area contributed by atoms with Crippen LogP contribution in [0.5, 0.6) is 11.8 Å². The Labute approximate surface area is 120 Å². The average Bonchev–Trinajstić information content (AvgIpc) is 2.35. The van der Waals surface area contributed by atoms with Gasteiger partial charge in [-0.25, -0.2) is 14.2 Å². The topological polar surface area (TPSA) is 72.3 Å². The molecular weight excluding hydrogens is 338 g/mol. The van der Waals surface area contributed by atoms with Gasteiger partial charge in [0.05, 0.1) is 11.3 Å². The molecule has 1 aromatic carbocycles. The number of aryl methyl sites for hydroxylation is 1. The van der Waals surface area contributed by atoms with E-state index in [1.165, 1.54) is 13.0 Å². The number of benzene rings is 1. The molecule has 1 N–H and O–H groups in total. The lowest BCUT2D eigenvalue weighted by molar-refractivity contribution is 0.0695. The highest BCUT2D eigenvalue weighted by atomic mass is 79.9. The van der Waals surface area contributed by atoms with Crippen molar-refractivity contribution in [2.45, 2.75) is 6.92 Å². The van der Waals surface area contributed by atoms with Crippen LogP contribution in [0.15, 0.2) is 22.8 Å². The van der Waals surface area contributed by atoms with Crippen LogP contribution in [0.1, 0.15) is 16.1 Å². The number of rotatable bonds is 3. The summed E-state index contributed by atoms with van der Waals surface area (Å²) in [6.07, 6.45) is 1.03. The predicted molar refractivity (Wildman–Crippen MR) is 67.9 cm³/mol. The van der Waals surface area contributed by atoms with Gasteiger partial charge in [-0.2, -0.15) is 9.37 Å². The van der Waals surface area contributed by atoms with Crippen molar-refractivity contribution in [3.63, 3.8) is 0 Å². The van der Waals surface area contributed by atoms with Gasteiger partial charge < -0.3 is 9.84 Å². The molecule has 8 heteroatoms. The van der Waals surface area contributed by atoms with Crippen LogP contribution >= 0.6 is 15.9 Å². The Morgan fingerprint density at radius 3 is 2.70 bits per heavy atom. The maximum Gasteiger partial charge on any atom is 0.339 e. The van der Waals surface area contributed by atoms with Gasteiger partial charge in [0.1, 0.15) is 0 Å². The first-order valence-electron chi connectivity index (χ1n) is 5.28. The fraction of sp³-hybridized carbons (Fsp3) is 0.0833. The maximum atomic E-state index is 13.5. The van der Waals surface area contributed by atoms with Crippen LogP contribution in [-0.4, -0.2) is 21.0 Å². The number of nitrogens with zero attached hydrogens (tertiary/aromatic N) is 2. The Morgan fingerprint density at radius 1 is 1.40 bits per heavy atom. The van der Waals surface area contributed by atoms with Gasteiger partial charge in [0.25, 0.3) is 0 Å². The number of carboxylic acid groups (broad SMARTS) is 1. The molecular formula is C12H7BrF2N2O3. The molecule has 0 fully saturated rings. The van der Waals surface area contributed by atoms with Crippen LogP contribution in [-0.2, 0) is 0 Å². The van der Waals surface area contributed by atoms with Crippen LogP contribution < -0.4 is 4.74 Å². The largest absolute Gasteiger partial charge is 0.478 e. The average molecular weight is 345 g/mol. The van der Waals surface area contributed by atoms with Gasteiger partial charge in [0.15, 0.2) is 11.6 Å². The zero-order valence-electron chi connectivity index (χ0n) is 10.0. The minimum Gasteiger partial charge on any atom is -0.478 e. The second-order valence-electron chi connectivity index (χ2n) is 3.76. The van der Waals surface area contributed by atoms with Gasteiger partial charge in [0.2, 0.25) is 5.82 Å². The fourth-order valence-corrected chi connectivity index (χ4v) is 1.82. The summed E-state index contributed by atoms with van der Waals surface area (Å²) in [5.74, 6) is -3.86. The molecule has 0 saturated carbocycles. The number of hydrogen-bond donors (Lipinski definition) is 1. The van der Waals surface area contributed by atoms with E-state index in [4.69, 9.17) is 9.84 Å². The van der Waals surface area contributed by atoms with Crippen LogP contribution in [0.2, 0.25) is 0 Å². The zero-order valence-corrected chi connectivity index (χ0v) is 11.6. The Kier molecular flexibility index (Phi) is 3.93. The summed E-state index contributed by atoms with van der Waals surface area (Å²) in [5, 5.41) is 8.83. The van der Waals surface area contributed by atoms with Crippen LogP contribution in [0.4, 0.5) is 8.78 Å². The van der Waals surface area contributed by atoms with Crippen LogP contribution in [0, 0.1) is 18.6 Å². The van der Waals surface area contributed by atoms with Crippen molar-refractivity contribution in [1.29, 1.82) is 0 Å². The number of carboxylic acids is 1. The molecule has 5 nitrogen and oxygen atoms in total. The lowest BCUT2D eigenvalue weighted by Gasteiger charge is -2.07. The Morgan fingerprint density at radius 2 is 2.10 bits per heavy atom. The first kappa shape index (κ1) is 14.3. The molecule has 1 aromatic heterocycles. The number of aromatic nitrogens is 2. The second-order valence-corrected chi connectivity index (χ2v) is 4.67. The van der Waals surface area contributed by atoms with E-state index < -0.39 is 23.4 Å². The van der Waals surface area contributed by atoms with E-state index in [-0.39, 0.29) is 21.7 Å². The number of halogens is 3. The molecule has 0 unspecified atom stereocenters. The molecule has 20 heavy (non-hydrogen) atoms. The van der Waals surface area contributed by atoms with Gasteiger partial charge in [-0.05, 0) is 19.1 Å². The minimum absolute atomic E-state index is 0.0988. The van der Waals surface area contributed by atoms with E-state index in [1.807, 2.05) is 0 Å². The number of ether oxygens (including phenoxy) is 1. The predicted octanol–water partition coefficient (Wildman–Crippen LogP) is 3.32. The quantitative estimate of drug-likeness (QED) is 0.864. The molecule has 104 valence electrons. The van der Waals surface area contributed by atoms with E-state index in [0.717, 1.165) is 12.3 Å². The lowest BCUT2D eigenvalue weighted by atomic mass is 10.2. The van der Waals surface area contributed by atoms with Crippen molar-refractivity contribution in [2.75, 3.05) is 0 Å². The molecule has 0 atom stereocenters. The van der Waals surface area contributed by atoms with Gasteiger partial charge >= 0.3 is 12.0 Å². The summed E-state index contributed by atoms with van der Waals surface area (Å²) in [6.45, 7) is 1.44. The van der Waals surface area contributed by atoms with Gasteiger partial charge in [-0.15, -0.1) is 0 Å². The molecule has 0 aliphatic rings. The summed E-state index contributed by atoms with van der Waals surface area (Å²) < 4.78 is 32.0. The summed E-state index contributed by atoms with van der Waals surface area (Å²) >= 11 is 3.00. The highest BCUT2D eigenvalue weighted by Crippen LogP contribution is 2.28. The highest BCUT2D eigenvalue weighted by molar-refractivity contribution is 9.10. The molecule has 2 aromatic rings. The second kappa shape index (κ2) is 5.49. The Hall–Kier alpha value is -2.09. The number of aromatic carboxylic acids is 1. The first-order valence-corrected chi connectivity index (χ1v) is 6.07. The maximum absolute atomic E-state index is 13.5. The van der Waals surface area contributed by atoms with Crippen LogP contribution in [0.3, 0.4) is 0 Å². The highest BCUT2D eigenvalue weighted by Gasteiger charge is 2.15. The van der Waals surface area contributed by atoms with E-state index >= 15 is 0 Å². The van der Waals surface area contributed by atoms with Crippen LogP contribution in [0.25, 0.3) is 0 Å². The molecule has 0 spiro atoms. The SMILES string of the molecule is Cc1nc(Oc2cc(Br)cc(F)c2F)ncc1C(=O)O. The standard InChI is InChI=1S/C12H7BrF2N2O3/c1-5-7(11(18)19)4-16-12(17-5)20-9-3-6(13)2-8(14)10(9)15/h2-4H,1H3,(H,18,19). The zero-order chi connectivity index (χ0) is 14.9. The summed E-state index contributed by atoms with van der Waals surface area (Å²) in [5.41, 5.74) is 0.0524. The van der Waals surface area contributed by atoms with E-state index in [1.54, 1.807) is 0 Å². The molecule has 1 heterocycles. The number of hydrogen-bond acceptors (Lipinski definition) is 4. The van der Waals surface area contributed by atoms with Crippen molar-refractivity contribution in [3.05, 3.63) is 45.7 Å². The van der Waals surface area contributed by atoms with Crippen molar-refractivity contribution < 1.29 is 23.4 Å². The van der Waals surface area contributed by atoms with Gasteiger partial charge in [-0.1, -0.05) is 15.9 Å². The third kappa shape index (κ3) is 2.90. The third-order valence-corrected chi connectivity index (χ3v) is 2.81. The third-order valence-electron chi connectivity index (χ3n) is 2.35. The lowest BCUT2D eigenvalue weighted by Crippen LogP contribution is -2.05. The monoisotopic (exact) mass is 344 g/mol. The fourth-order valence-electron chi connectivity index (χ4n) is 1.41. The first-order chi connectivity index (χ1) is 9.38. The molecule has 0 bridgehead atoms. The van der Waals surface area contributed by atoms with Crippen molar-refractivity contribution in [1.82, 2.24) is 9.97 Å². The molecule has 2 rings (SSSR count). The van der Waals surface area contributed by atoms with E-state index in [9.17, 15) is 13.6 Å². The summed E-state index contributed by atoms with van der Waals surface area (Å²) in [6, 6.07) is 1.88. The van der Waals surface area contributed by atoms with Crippen molar-refractivity contribution in [3.8, 4) is 11.8 Å². The smallest absolute Gasteiger partial charge is 0.339 e. The minimum atomic E-state index is -1.19. The molecule has 0 radical (unpaired) electrons. The Bertz CT molecular complexity index is 695. The van der Waals surface area contributed by atoms with Gasteiger partial charge in [0, 0.05) is 10.7 Å². The molecule has 0 aliphatic heterocycles. The summed E-state index contributed by atoms with van der Waals surface area (Å²) in [4.78, 5) is 18.2. The van der Waals surface area contributed by atoms with Crippen molar-refractivity contribution in [2.24, 2.45) is 0 Å². The molecule has 0 saturated heterocycles.